The van der Waals surface area contributed by atoms with Crippen LogP contribution in [-0.4, -0.2) is 29.9 Å². The summed E-state index contributed by atoms with van der Waals surface area (Å²) >= 11 is 0. The number of nitrogens with two attached hydrogens (primary N) is 1. The lowest BCUT2D eigenvalue weighted by molar-refractivity contribution is -0.118. The average Bonchev–Trinajstić information content (AvgIpc) is 2.38. The Hall–Kier alpha value is -0.570. The molecular formula is C11H22N2O. The van der Waals surface area contributed by atoms with E-state index in [1.807, 2.05) is 0 Å². The summed E-state index contributed by atoms with van der Waals surface area (Å²) in [4.78, 5) is 13.2. The molecule has 2 N–H and O–H groups in total. The van der Waals surface area contributed by atoms with Crippen molar-refractivity contribution in [3.63, 3.8) is 0 Å². The number of carbonyl (C=O) groups is 1. The maximum absolute atomic E-state index is 10.7. The summed E-state index contributed by atoms with van der Waals surface area (Å²) in [6.45, 7) is 4.23. The number of hydrogen-bond acceptors (Lipinski definition) is 2. The monoisotopic (exact) mass is 198 g/mol. The molecular weight excluding hydrogens is 176 g/mol. The molecule has 0 aliphatic carbocycles. The number of amides is 1. The first kappa shape index (κ1) is 11.5. The van der Waals surface area contributed by atoms with E-state index in [4.69, 9.17) is 5.73 Å². The highest BCUT2D eigenvalue weighted by Crippen LogP contribution is 2.18. The number of primary amides is 1. The quantitative estimate of drug-likeness (QED) is 0.744. The molecule has 3 heteroatoms. The van der Waals surface area contributed by atoms with Crippen molar-refractivity contribution in [1.82, 2.24) is 4.90 Å². The van der Waals surface area contributed by atoms with Crippen molar-refractivity contribution in [3.8, 4) is 0 Å². The lowest BCUT2D eigenvalue weighted by atomic mass is 10.1. The fraction of sp³-hybridized carbons (Fsp3) is 0.909. The second-order valence-corrected chi connectivity index (χ2v) is 4.16. The van der Waals surface area contributed by atoms with E-state index in [0.29, 0.717) is 12.5 Å². The van der Waals surface area contributed by atoms with E-state index in [9.17, 15) is 4.79 Å². The van der Waals surface area contributed by atoms with Crippen LogP contribution in [0.2, 0.25) is 0 Å². The van der Waals surface area contributed by atoms with Crippen LogP contribution in [0.4, 0.5) is 0 Å². The van der Waals surface area contributed by atoms with Gasteiger partial charge in [-0.05, 0) is 25.8 Å². The highest BCUT2D eigenvalue weighted by Gasteiger charge is 2.19. The summed E-state index contributed by atoms with van der Waals surface area (Å²) in [5, 5.41) is 0. The van der Waals surface area contributed by atoms with Gasteiger partial charge in [0.15, 0.2) is 0 Å². The van der Waals surface area contributed by atoms with E-state index >= 15 is 0 Å². The van der Waals surface area contributed by atoms with Gasteiger partial charge in [0.2, 0.25) is 5.91 Å². The minimum atomic E-state index is -0.177. The van der Waals surface area contributed by atoms with Crippen LogP contribution in [0.25, 0.3) is 0 Å². The lowest BCUT2D eigenvalue weighted by Gasteiger charge is -2.28. The molecule has 14 heavy (non-hydrogen) atoms. The first-order valence-electron chi connectivity index (χ1n) is 5.76. The Morgan fingerprint density at radius 1 is 1.43 bits per heavy atom. The molecule has 1 aliphatic rings. The first-order valence-corrected chi connectivity index (χ1v) is 5.76. The Morgan fingerprint density at radius 3 is 2.86 bits per heavy atom. The van der Waals surface area contributed by atoms with Gasteiger partial charge in [-0.1, -0.05) is 19.8 Å². The van der Waals surface area contributed by atoms with Gasteiger partial charge in [-0.2, -0.15) is 0 Å². The molecule has 3 nitrogen and oxygen atoms in total. The smallest absolute Gasteiger partial charge is 0.218 e. The Bertz CT molecular complexity index is 182. The van der Waals surface area contributed by atoms with Gasteiger partial charge in [-0.3, -0.25) is 9.69 Å². The van der Waals surface area contributed by atoms with Crippen molar-refractivity contribution in [2.24, 2.45) is 5.73 Å². The second kappa shape index (κ2) is 6.02. The Morgan fingerprint density at radius 2 is 2.21 bits per heavy atom. The third kappa shape index (κ3) is 3.66. The Kier molecular flexibility index (Phi) is 4.94. The number of likely N-dealkylation sites (tertiary alicyclic amines) is 1. The largest absolute Gasteiger partial charge is 0.370 e. The van der Waals surface area contributed by atoms with E-state index in [-0.39, 0.29) is 5.91 Å². The fourth-order valence-electron chi connectivity index (χ4n) is 2.25. The molecule has 1 saturated heterocycles. The SMILES string of the molecule is CCC1CCCCCN1CCC(N)=O. The van der Waals surface area contributed by atoms with E-state index in [1.165, 1.54) is 32.1 Å². The summed E-state index contributed by atoms with van der Waals surface area (Å²) in [5.41, 5.74) is 5.17. The number of hydrogen-bond donors (Lipinski definition) is 1. The van der Waals surface area contributed by atoms with Crippen molar-refractivity contribution in [3.05, 3.63) is 0 Å². The minimum absolute atomic E-state index is 0.177. The van der Waals surface area contributed by atoms with E-state index in [1.54, 1.807) is 0 Å². The summed E-state index contributed by atoms with van der Waals surface area (Å²) < 4.78 is 0. The van der Waals surface area contributed by atoms with Crippen LogP contribution < -0.4 is 5.73 Å². The van der Waals surface area contributed by atoms with Crippen LogP contribution >= 0.6 is 0 Å². The molecule has 1 atom stereocenters. The van der Waals surface area contributed by atoms with Crippen LogP contribution in [0.3, 0.4) is 0 Å². The molecule has 0 aromatic rings. The Balaban J connectivity index is 2.39. The fourth-order valence-corrected chi connectivity index (χ4v) is 2.25. The topological polar surface area (TPSA) is 46.3 Å². The van der Waals surface area contributed by atoms with Gasteiger partial charge in [-0.25, -0.2) is 0 Å². The molecule has 0 spiro atoms. The van der Waals surface area contributed by atoms with Crippen LogP contribution in [0, 0.1) is 0 Å². The zero-order valence-corrected chi connectivity index (χ0v) is 9.17. The first-order chi connectivity index (χ1) is 6.74. The van der Waals surface area contributed by atoms with Crippen LogP contribution in [-0.2, 0) is 4.79 Å². The van der Waals surface area contributed by atoms with E-state index in [2.05, 4.69) is 11.8 Å². The zero-order chi connectivity index (χ0) is 10.4. The minimum Gasteiger partial charge on any atom is -0.370 e. The highest BCUT2D eigenvalue weighted by atomic mass is 16.1. The molecule has 82 valence electrons. The summed E-state index contributed by atoms with van der Waals surface area (Å²) in [6.07, 6.45) is 6.94. The molecule has 1 fully saturated rings. The molecule has 1 unspecified atom stereocenters. The van der Waals surface area contributed by atoms with Gasteiger partial charge < -0.3 is 5.73 Å². The van der Waals surface area contributed by atoms with Gasteiger partial charge in [-0.15, -0.1) is 0 Å². The molecule has 1 aliphatic heterocycles. The molecule has 1 heterocycles. The predicted molar refractivity (Wildman–Crippen MR) is 57.9 cm³/mol. The standard InChI is InChI=1S/C11H22N2O/c1-2-10-6-4-3-5-8-13(10)9-7-11(12)14/h10H,2-9H2,1H3,(H2,12,14). The molecule has 1 amide bonds. The molecule has 0 saturated carbocycles. The maximum atomic E-state index is 10.7. The average molecular weight is 198 g/mol. The molecule has 0 aromatic carbocycles. The number of nitrogens with zero attached hydrogens (tertiary/aromatic N) is 1. The maximum Gasteiger partial charge on any atom is 0.218 e. The second-order valence-electron chi connectivity index (χ2n) is 4.16. The predicted octanol–water partition coefficient (Wildman–Crippen LogP) is 1.52. The number of rotatable bonds is 4. The molecule has 0 radical (unpaired) electrons. The van der Waals surface area contributed by atoms with E-state index in [0.717, 1.165) is 13.1 Å². The van der Waals surface area contributed by atoms with Crippen molar-refractivity contribution in [2.75, 3.05) is 13.1 Å². The van der Waals surface area contributed by atoms with Crippen molar-refractivity contribution >= 4 is 5.91 Å². The summed E-state index contributed by atoms with van der Waals surface area (Å²) in [7, 11) is 0. The van der Waals surface area contributed by atoms with Crippen molar-refractivity contribution in [1.29, 1.82) is 0 Å². The summed E-state index contributed by atoms with van der Waals surface area (Å²) in [6, 6.07) is 0.678. The van der Waals surface area contributed by atoms with Crippen LogP contribution in [0.15, 0.2) is 0 Å². The number of carbonyl (C=O) groups excluding carboxylic acids is 1. The van der Waals surface area contributed by atoms with Gasteiger partial charge >= 0.3 is 0 Å². The van der Waals surface area contributed by atoms with Crippen LogP contribution in [0.5, 0.6) is 0 Å². The van der Waals surface area contributed by atoms with Gasteiger partial charge in [0.1, 0.15) is 0 Å². The van der Waals surface area contributed by atoms with Crippen LogP contribution in [0.1, 0.15) is 45.4 Å². The van der Waals surface area contributed by atoms with E-state index < -0.39 is 0 Å². The summed E-state index contributed by atoms with van der Waals surface area (Å²) in [5.74, 6) is -0.177. The van der Waals surface area contributed by atoms with Gasteiger partial charge in [0.05, 0.1) is 0 Å². The van der Waals surface area contributed by atoms with Gasteiger partial charge in [0, 0.05) is 19.0 Å². The van der Waals surface area contributed by atoms with Crippen molar-refractivity contribution < 1.29 is 4.79 Å². The zero-order valence-electron chi connectivity index (χ0n) is 9.17. The van der Waals surface area contributed by atoms with Crippen molar-refractivity contribution in [2.45, 2.75) is 51.5 Å². The molecule has 0 aromatic heterocycles. The van der Waals surface area contributed by atoms with Gasteiger partial charge in [0.25, 0.3) is 0 Å². The molecule has 0 bridgehead atoms. The Labute approximate surface area is 86.6 Å². The third-order valence-corrected chi connectivity index (χ3v) is 3.12. The highest BCUT2D eigenvalue weighted by molar-refractivity contribution is 5.73. The third-order valence-electron chi connectivity index (χ3n) is 3.12. The molecule has 1 rings (SSSR count). The lowest BCUT2D eigenvalue weighted by Crippen LogP contribution is -2.36. The normalized spacial score (nSPS) is 24.5.